The van der Waals surface area contributed by atoms with E-state index in [4.69, 9.17) is 9.84 Å². The van der Waals surface area contributed by atoms with Gasteiger partial charge in [-0.1, -0.05) is 0 Å². The third kappa shape index (κ3) is 3.80. The summed E-state index contributed by atoms with van der Waals surface area (Å²) in [6.45, 7) is 0.842. The molecule has 0 aliphatic heterocycles. The fourth-order valence-corrected chi connectivity index (χ4v) is 2.21. The van der Waals surface area contributed by atoms with E-state index >= 15 is 0 Å². The first-order chi connectivity index (χ1) is 7.56. The molecule has 2 N–H and O–H groups in total. The number of phenolic OH excluding ortho intramolecular Hbond substituents is 1. The Kier molecular flexibility index (Phi) is 4.72. The third-order valence-electron chi connectivity index (χ3n) is 1.96. The van der Waals surface area contributed by atoms with Gasteiger partial charge < -0.3 is 9.84 Å². The van der Waals surface area contributed by atoms with Crippen molar-refractivity contribution in [3.63, 3.8) is 0 Å². The van der Waals surface area contributed by atoms with Gasteiger partial charge in [0.25, 0.3) is 0 Å². The second-order valence-corrected chi connectivity index (χ2v) is 5.00. The molecule has 90 valence electrons. The second kappa shape index (κ2) is 5.83. The molecule has 16 heavy (non-hydrogen) atoms. The highest BCUT2D eigenvalue weighted by atomic mass is 32.2. The van der Waals surface area contributed by atoms with Gasteiger partial charge in [-0.15, -0.1) is 0 Å². The molecule has 0 saturated heterocycles. The van der Waals surface area contributed by atoms with Crippen molar-refractivity contribution in [1.82, 2.24) is 4.72 Å². The van der Waals surface area contributed by atoms with E-state index in [1.807, 2.05) is 0 Å². The highest BCUT2D eigenvalue weighted by Crippen LogP contribution is 2.13. The number of phenols is 1. The minimum atomic E-state index is -3.47. The molecular formula is C10H15NO4S. The minimum Gasteiger partial charge on any atom is -0.508 e. The van der Waals surface area contributed by atoms with Crippen LogP contribution in [0.15, 0.2) is 29.2 Å². The lowest BCUT2D eigenvalue weighted by Gasteiger charge is -2.06. The topological polar surface area (TPSA) is 75.6 Å². The molecule has 1 aromatic rings. The number of hydrogen-bond donors (Lipinski definition) is 2. The molecule has 0 atom stereocenters. The number of sulfonamides is 1. The van der Waals surface area contributed by atoms with E-state index in [9.17, 15) is 8.42 Å². The summed E-state index contributed by atoms with van der Waals surface area (Å²) in [6.07, 6.45) is 0.619. The van der Waals surface area contributed by atoms with Crippen LogP contribution in [0.4, 0.5) is 0 Å². The largest absolute Gasteiger partial charge is 0.508 e. The van der Waals surface area contributed by atoms with Gasteiger partial charge in [-0.25, -0.2) is 13.1 Å². The fourth-order valence-electron chi connectivity index (χ4n) is 1.13. The zero-order valence-corrected chi connectivity index (χ0v) is 9.83. The van der Waals surface area contributed by atoms with E-state index in [0.717, 1.165) is 0 Å². The lowest BCUT2D eigenvalue weighted by atomic mass is 10.3. The molecule has 0 unspecified atom stereocenters. The van der Waals surface area contributed by atoms with Crippen molar-refractivity contribution in [2.75, 3.05) is 20.3 Å². The summed E-state index contributed by atoms with van der Waals surface area (Å²) in [4.78, 5) is 0.141. The van der Waals surface area contributed by atoms with Crippen LogP contribution in [0.3, 0.4) is 0 Å². The van der Waals surface area contributed by atoms with Gasteiger partial charge in [0.05, 0.1) is 4.90 Å². The molecule has 0 bridgehead atoms. The van der Waals surface area contributed by atoms with Crippen LogP contribution < -0.4 is 4.72 Å². The SMILES string of the molecule is COCCCNS(=O)(=O)c1ccc(O)cc1. The zero-order valence-electron chi connectivity index (χ0n) is 9.01. The van der Waals surface area contributed by atoms with Crippen molar-refractivity contribution >= 4 is 10.0 Å². The maximum atomic E-state index is 11.7. The summed E-state index contributed by atoms with van der Waals surface area (Å²) in [5.41, 5.74) is 0. The quantitative estimate of drug-likeness (QED) is 0.724. The van der Waals surface area contributed by atoms with Gasteiger partial charge in [0.2, 0.25) is 10.0 Å². The monoisotopic (exact) mass is 245 g/mol. The van der Waals surface area contributed by atoms with E-state index in [1.54, 1.807) is 7.11 Å². The highest BCUT2D eigenvalue weighted by Gasteiger charge is 2.12. The van der Waals surface area contributed by atoms with Gasteiger partial charge in [0.1, 0.15) is 5.75 Å². The molecule has 0 radical (unpaired) electrons. The van der Waals surface area contributed by atoms with Crippen molar-refractivity contribution in [3.8, 4) is 5.75 Å². The van der Waals surface area contributed by atoms with Crippen molar-refractivity contribution in [3.05, 3.63) is 24.3 Å². The van der Waals surface area contributed by atoms with Crippen molar-refractivity contribution in [2.24, 2.45) is 0 Å². The van der Waals surface area contributed by atoms with Gasteiger partial charge in [0, 0.05) is 20.3 Å². The van der Waals surface area contributed by atoms with E-state index in [2.05, 4.69) is 4.72 Å². The summed E-state index contributed by atoms with van der Waals surface area (Å²) in [5, 5.41) is 9.04. The minimum absolute atomic E-state index is 0.0401. The molecule has 0 spiro atoms. The number of rotatable bonds is 6. The molecule has 5 nitrogen and oxygen atoms in total. The normalized spacial score (nSPS) is 11.6. The van der Waals surface area contributed by atoms with E-state index in [1.165, 1.54) is 24.3 Å². The molecular weight excluding hydrogens is 230 g/mol. The summed E-state index contributed by atoms with van der Waals surface area (Å²) < 4.78 is 30.6. The number of methoxy groups -OCH3 is 1. The first-order valence-electron chi connectivity index (χ1n) is 4.84. The first-order valence-corrected chi connectivity index (χ1v) is 6.32. The smallest absolute Gasteiger partial charge is 0.240 e. The summed E-state index contributed by atoms with van der Waals surface area (Å²) in [7, 11) is -1.91. The molecule has 0 aromatic heterocycles. The van der Waals surface area contributed by atoms with Crippen molar-refractivity contribution < 1.29 is 18.3 Å². The summed E-state index contributed by atoms with van der Waals surface area (Å²) in [6, 6.07) is 5.38. The molecule has 0 aliphatic rings. The Hall–Kier alpha value is -1.11. The Balaban J connectivity index is 2.60. The molecule has 0 amide bonds. The Morgan fingerprint density at radius 3 is 2.50 bits per heavy atom. The third-order valence-corrected chi connectivity index (χ3v) is 3.44. The van der Waals surface area contributed by atoms with Gasteiger partial charge >= 0.3 is 0 Å². The molecule has 0 aliphatic carbocycles. The van der Waals surface area contributed by atoms with Crippen LogP contribution in [-0.2, 0) is 14.8 Å². The van der Waals surface area contributed by atoms with Crippen LogP contribution in [0.1, 0.15) is 6.42 Å². The highest BCUT2D eigenvalue weighted by molar-refractivity contribution is 7.89. The molecule has 0 saturated carbocycles. The van der Waals surface area contributed by atoms with Gasteiger partial charge in [-0.2, -0.15) is 0 Å². The maximum Gasteiger partial charge on any atom is 0.240 e. The lowest BCUT2D eigenvalue weighted by Crippen LogP contribution is -2.25. The standard InChI is InChI=1S/C10H15NO4S/c1-15-8-2-7-11-16(13,14)10-5-3-9(12)4-6-10/h3-6,11-12H,2,7-8H2,1H3. The molecule has 6 heteroatoms. The average Bonchev–Trinajstić information content (AvgIpc) is 2.25. The van der Waals surface area contributed by atoms with Gasteiger partial charge in [0.15, 0.2) is 0 Å². The Morgan fingerprint density at radius 2 is 1.94 bits per heavy atom. The number of nitrogens with one attached hydrogen (secondary N) is 1. The maximum absolute atomic E-state index is 11.7. The van der Waals surface area contributed by atoms with Crippen LogP contribution in [0.2, 0.25) is 0 Å². The molecule has 0 heterocycles. The second-order valence-electron chi connectivity index (χ2n) is 3.24. The first kappa shape index (κ1) is 13.0. The number of aromatic hydroxyl groups is 1. The van der Waals surface area contributed by atoms with Crippen LogP contribution in [-0.4, -0.2) is 33.8 Å². The van der Waals surface area contributed by atoms with E-state index in [0.29, 0.717) is 19.6 Å². The predicted molar refractivity (Wildman–Crippen MR) is 59.8 cm³/mol. The van der Waals surface area contributed by atoms with Crippen LogP contribution >= 0.6 is 0 Å². The Bertz CT molecular complexity index is 413. The average molecular weight is 245 g/mol. The Labute approximate surface area is 95.1 Å². The number of benzene rings is 1. The molecule has 1 aromatic carbocycles. The van der Waals surface area contributed by atoms with Crippen LogP contribution in [0, 0.1) is 0 Å². The molecule has 1 rings (SSSR count). The Morgan fingerprint density at radius 1 is 1.31 bits per heavy atom. The summed E-state index contributed by atoms with van der Waals surface area (Å²) >= 11 is 0. The van der Waals surface area contributed by atoms with Gasteiger partial charge in [-0.05, 0) is 30.7 Å². The lowest BCUT2D eigenvalue weighted by molar-refractivity contribution is 0.196. The van der Waals surface area contributed by atoms with Crippen molar-refractivity contribution in [2.45, 2.75) is 11.3 Å². The van der Waals surface area contributed by atoms with Gasteiger partial charge in [-0.3, -0.25) is 0 Å². The zero-order chi connectivity index (χ0) is 12.0. The van der Waals surface area contributed by atoms with E-state index in [-0.39, 0.29) is 10.6 Å². The summed E-state index contributed by atoms with van der Waals surface area (Å²) in [5.74, 6) is 0.0401. The van der Waals surface area contributed by atoms with Crippen molar-refractivity contribution in [1.29, 1.82) is 0 Å². The predicted octanol–water partition coefficient (Wildman–Crippen LogP) is 0.707. The molecule has 0 fully saturated rings. The van der Waals surface area contributed by atoms with Crippen LogP contribution in [0.25, 0.3) is 0 Å². The van der Waals surface area contributed by atoms with E-state index < -0.39 is 10.0 Å². The van der Waals surface area contributed by atoms with Crippen LogP contribution in [0.5, 0.6) is 5.75 Å². The number of ether oxygens (including phenoxy) is 1. The fraction of sp³-hybridized carbons (Fsp3) is 0.400. The number of hydrogen-bond acceptors (Lipinski definition) is 4.